The maximum Gasteiger partial charge on any atom is 0.264 e. The zero-order valence-corrected chi connectivity index (χ0v) is 22.2. The summed E-state index contributed by atoms with van der Waals surface area (Å²) in [6.45, 7) is 6.78. The molecule has 0 aliphatic heterocycles. The molecule has 0 heterocycles. The molecule has 0 aromatic heterocycles. The van der Waals surface area contributed by atoms with Gasteiger partial charge in [0.05, 0.1) is 10.6 Å². The van der Waals surface area contributed by atoms with Crippen LogP contribution in [0.3, 0.4) is 0 Å². The number of hydrogen-bond acceptors (Lipinski definition) is 4. The topological polar surface area (TPSA) is 86.8 Å². The Kier molecular flexibility index (Phi) is 9.04. The largest absolute Gasteiger partial charge is 0.352 e. The van der Waals surface area contributed by atoms with Crippen molar-refractivity contribution in [3.05, 3.63) is 95.8 Å². The minimum atomic E-state index is -4.22. The van der Waals surface area contributed by atoms with Gasteiger partial charge >= 0.3 is 0 Å². The van der Waals surface area contributed by atoms with E-state index >= 15 is 0 Å². The van der Waals surface area contributed by atoms with Gasteiger partial charge in [0.25, 0.3) is 10.0 Å². The summed E-state index contributed by atoms with van der Waals surface area (Å²) in [7, 11) is -4.22. The van der Waals surface area contributed by atoms with Gasteiger partial charge < -0.3 is 10.2 Å². The smallest absolute Gasteiger partial charge is 0.264 e. The normalized spacial score (nSPS) is 12.2. The second-order valence-electron chi connectivity index (χ2n) is 9.15. The lowest BCUT2D eigenvalue weighted by molar-refractivity contribution is -0.139. The molecule has 0 saturated heterocycles. The Morgan fingerprint density at radius 2 is 1.49 bits per heavy atom. The SMILES string of the molecule is Cc1ccc(CN(C(=O)CN(c2ccccc2)S(=O)(=O)c2ccc(F)cc2)[C@@H](C)C(=O)NC(C)C)cc1. The Morgan fingerprint density at radius 3 is 2.05 bits per heavy atom. The molecule has 0 bridgehead atoms. The molecule has 1 N–H and O–H groups in total. The van der Waals surface area contributed by atoms with Gasteiger partial charge in [-0.1, -0.05) is 48.0 Å². The summed E-state index contributed by atoms with van der Waals surface area (Å²) in [6.07, 6.45) is 0. The molecule has 0 aliphatic rings. The highest BCUT2D eigenvalue weighted by Crippen LogP contribution is 2.24. The van der Waals surface area contributed by atoms with Crippen molar-refractivity contribution in [3.63, 3.8) is 0 Å². The molecule has 0 spiro atoms. The first-order valence-electron chi connectivity index (χ1n) is 12.0. The fraction of sp³-hybridized carbons (Fsp3) is 0.286. The maximum atomic E-state index is 13.7. The quantitative estimate of drug-likeness (QED) is 0.428. The predicted molar refractivity (Wildman–Crippen MR) is 142 cm³/mol. The summed E-state index contributed by atoms with van der Waals surface area (Å²) < 4.78 is 41.7. The number of nitrogens with zero attached hydrogens (tertiary/aromatic N) is 2. The Bertz CT molecular complexity index is 1310. The van der Waals surface area contributed by atoms with Crippen LogP contribution >= 0.6 is 0 Å². The molecule has 0 radical (unpaired) electrons. The van der Waals surface area contributed by atoms with E-state index in [4.69, 9.17) is 0 Å². The number of sulfonamides is 1. The molecular formula is C28H32FN3O4S. The van der Waals surface area contributed by atoms with Gasteiger partial charge in [-0.2, -0.15) is 0 Å². The molecule has 37 heavy (non-hydrogen) atoms. The van der Waals surface area contributed by atoms with Gasteiger partial charge in [0.15, 0.2) is 0 Å². The highest BCUT2D eigenvalue weighted by atomic mass is 32.2. The predicted octanol–water partition coefficient (Wildman–Crippen LogP) is 4.27. The lowest BCUT2D eigenvalue weighted by Crippen LogP contribution is -2.52. The first-order valence-corrected chi connectivity index (χ1v) is 13.4. The molecule has 3 aromatic rings. The number of carbonyl (C=O) groups excluding carboxylic acids is 2. The zero-order chi connectivity index (χ0) is 27.2. The van der Waals surface area contributed by atoms with Crippen molar-refractivity contribution in [1.29, 1.82) is 0 Å². The molecule has 3 rings (SSSR count). The van der Waals surface area contributed by atoms with Crippen LogP contribution in [0, 0.1) is 12.7 Å². The average molecular weight is 526 g/mol. The fourth-order valence-corrected chi connectivity index (χ4v) is 5.15. The Balaban J connectivity index is 1.99. The number of benzene rings is 3. The summed E-state index contributed by atoms with van der Waals surface area (Å²) in [5.74, 6) is -1.47. The van der Waals surface area contributed by atoms with Gasteiger partial charge in [0, 0.05) is 12.6 Å². The highest BCUT2D eigenvalue weighted by Gasteiger charge is 2.32. The van der Waals surface area contributed by atoms with Crippen molar-refractivity contribution in [2.75, 3.05) is 10.8 Å². The molecule has 0 fully saturated rings. The van der Waals surface area contributed by atoms with Crippen LogP contribution in [0.25, 0.3) is 0 Å². The summed E-state index contributed by atoms with van der Waals surface area (Å²) in [6, 6.07) is 19.2. The lowest BCUT2D eigenvalue weighted by atomic mass is 10.1. The van der Waals surface area contributed by atoms with E-state index in [-0.39, 0.29) is 29.1 Å². The van der Waals surface area contributed by atoms with Gasteiger partial charge in [-0.05, 0) is 69.7 Å². The lowest BCUT2D eigenvalue weighted by Gasteiger charge is -2.32. The summed E-state index contributed by atoms with van der Waals surface area (Å²) in [5.41, 5.74) is 2.12. The number of para-hydroxylation sites is 1. The molecular weight excluding hydrogens is 493 g/mol. The van der Waals surface area contributed by atoms with Gasteiger partial charge in [0.1, 0.15) is 18.4 Å². The van der Waals surface area contributed by atoms with Gasteiger partial charge in [0.2, 0.25) is 11.8 Å². The standard InChI is InChI=1S/C28H32FN3O4S/c1-20(2)30-28(34)22(4)31(18-23-12-10-21(3)11-13-23)27(33)19-32(25-8-6-5-7-9-25)37(35,36)26-16-14-24(29)15-17-26/h5-17,20,22H,18-19H2,1-4H3,(H,30,34)/t22-/m0/s1. The molecule has 1 atom stereocenters. The van der Waals surface area contributed by atoms with Crippen molar-refractivity contribution in [3.8, 4) is 0 Å². The average Bonchev–Trinajstić information content (AvgIpc) is 2.86. The third-order valence-electron chi connectivity index (χ3n) is 5.80. The van der Waals surface area contributed by atoms with Crippen LogP contribution in [-0.4, -0.2) is 43.8 Å². The Hall–Kier alpha value is -3.72. The Morgan fingerprint density at radius 1 is 0.892 bits per heavy atom. The van der Waals surface area contributed by atoms with Crippen LogP contribution in [0.4, 0.5) is 10.1 Å². The van der Waals surface area contributed by atoms with E-state index in [9.17, 15) is 22.4 Å². The number of amides is 2. The van der Waals surface area contributed by atoms with Gasteiger partial charge in [-0.25, -0.2) is 12.8 Å². The highest BCUT2D eigenvalue weighted by molar-refractivity contribution is 7.92. The van der Waals surface area contributed by atoms with Crippen LogP contribution in [0.2, 0.25) is 0 Å². The zero-order valence-electron chi connectivity index (χ0n) is 21.4. The molecule has 7 nitrogen and oxygen atoms in total. The number of hydrogen-bond donors (Lipinski definition) is 1. The number of nitrogens with one attached hydrogen (secondary N) is 1. The van der Waals surface area contributed by atoms with E-state index in [0.717, 1.165) is 39.7 Å². The molecule has 2 amide bonds. The third-order valence-corrected chi connectivity index (χ3v) is 7.58. The van der Waals surface area contributed by atoms with Crippen LogP contribution in [0.1, 0.15) is 31.9 Å². The maximum absolute atomic E-state index is 13.7. The van der Waals surface area contributed by atoms with Gasteiger partial charge in [-0.15, -0.1) is 0 Å². The van der Waals surface area contributed by atoms with Crippen molar-refractivity contribution >= 4 is 27.5 Å². The monoisotopic (exact) mass is 525 g/mol. The van der Waals surface area contributed by atoms with E-state index in [1.165, 1.54) is 4.90 Å². The summed E-state index contributed by atoms with van der Waals surface area (Å²) >= 11 is 0. The Labute approximate surface area is 218 Å². The van der Waals surface area contributed by atoms with Crippen LogP contribution in [0.15, 0.2) is 83.8 Å². The van der Waals surface area contributed by atoms with E-state index in [0.29, 0.717) is 0 Å². The number of anilines is 1. The molecule has 196 valence electrons. The molecule has 9 heteroatoms. The summed E-state index contributed by atoms with van der Waals surface area (Å²) in [5, 5.41) is 2.82. The minimum Gasteiger partial charge on any atom is -0.352 e. The van der Waals surface area contributed by atoms with Crippen molar-refractivity contribution in [2.24, 2.45) is 0 Å². The van der Waals surface area contributed by atoms with E-state index < -0.39 is 34.3 Å². The minimum absolute atomic E-state index is 0.116. The molecule has 0 unspecified atom stereocenters. The number of halogens is 1. The van der Waals surface area contributed by atoms with E-state index in [1.54, 1.807) is 37.3 Å². The van der Waals surface area contributed by atoms with Crippen molar-refractivity contribution in [1.82, 2.24) is 10.2 Å². The number of aryl methyl sites for hydroxylation is 1. The first kappa shape index (κ1) is 27.9. The number of rotatable bonds is 10. The van der Waals surface area contributed by atoms with Gasteiger partial charge in [-0.3, -0.25) is 13.9 Å². The fourth-order valence-electron chi connectivity index (χ4n) is 3.73. The second-order valence-corrected chi connectivity index (χ2v) is 11.0. The number of carbonyl (C=O) groups is 2. The van der Waals surface area contributed by atoms with Crippen molar-refractivity contribution in [2.45, 2.75) is 51.2 Å². The first-order chi connectivity index (χ1) is 17.5. The van der Waals surface area contributed by atoms with Crippen LogP contribution in [0.5, 0.6) is 0 Å². The molecule has 3 aromatic carbocycles. The molecule has 0 aliphatic carbocycles. The summed E-state index contributed by atoms with van der Waals surface area (Å²) in [4.78, 5) is 27.8. The second kappa shape index (κ2) is 12.0. The van der Waals surface area contributed by atoms with E-state index in [2.05, 4.69) is 5.32 Å². The van der Waals surface area contributed by atoms with E-state index in [1.807, 2.05) is 45.0 Å². The van der Waals surface area contributed by atoms with Crippen LogP contribution < -0.4 is 9.62 Å². The van der Waals surface area contributed by atoms with Crippen molar-refractivity contribution < 1.29 is 22.4 Å². The third kappa shape index (κ3) is 7.16. The molecule has 0 saturated carbocycles. The van der Waals surface area contributed by atoms with Crippen LogP contribution in [-0.2, 0) is 26.2 Å².